The van der Waals surface area contributed by atoms with Gasteiger partial charge in [0.05, 0.1) is 0 Å². The lowest BCUT2D eigenvalue weighted by Crippen LogP contribution is -2.37. The first-order valence-electron chi connectivity index (χ1n) is 7.83. The number of hydrogen-bond donors (Lipinski definition) is 2. The molecule has 0 atom stereocenters. The van der Waals surface area contributed by atoms with Crippen molar-refractivity contribution in [3.8, 4) is 5.75 Å². The number of carbonyl (C=O) groups is 1. The molecule has 0 aliphatic heterocycles. The van der Waals surface area contributed by atoms with Crippen LogP contribution in [-0.4, -0.2) is 25.7 Å². The molecule has 0 heterocycles. The number of hydrogen-bond acceptors (Lipinski definition) is 2. The molecule has 0 aromatic heterocycles. The standard InChI is InChI=1S/C18H19ClF2N2O2/c19-15-3-1-2-14(12-15)9-11-23-18(24)22-10-8-13-4-6-16(7-5-13)25-17(20)21/h1-7,12,17H,8-11H2,(H2,22,23,24). The molecular weight excluding hydrogens is 350 g/mol. The highest BCUT2D eigenvalue weighted by atomic mass is 35.5. The number of urea groups is 1. The van der Waals surface area contributed by atoms with Crippen LogP contribution in [0.5, 0.6) is 5.75 Å². The third kappa shape index (κ3) is 7.39. The van der Waals surface area contributed by atoms with E-state index in [4.69, 9.17) is 11.6 Å². The van der Waals surface area contributed by atoms with Crippen LogP contribution in [0.1, 0.15) is 11.1 Å². The SMILES string of the molecule is O=C(NCCc1ccc(OC(F)F)cc1)NCCc1cccc(Cl)c1. The molecule has 2 aromatic rings. The minimum absolute atomic E-state index is 0.116. The van der Waals surface area contributed by atoms with Crippen molar-refractivity contribution in [2.24, 2.45) is 0 Å². The number of ether oxygens (including phenoxy) is 1. The molecule has 2 rings (SSSR count). The topological polar surface area (TPSA) is 50.4 Å². The van der Waals surface area contributed by atoms with E-state index >= 15 is 0 Å². The van der Waals surface area contributed by atoms with E-state index in [0.29, 0.717) is 31.0 Å². The van der Waals surface area contributed by atoms with E-state index in [0.717, 1.165) is 11.1 Å². The molecule has 0 spiro atoms. The van der Waals surface area contributed by atoms with Gasteiger partial charge in [-0.25, -0.2) is 4.79 Å². The molecule has 0 saturated carbocycles. The summed E-state index contributed by atoms with van der Waals surface area (Å²) >= 11 is 5.90. The van der Waals surface area contributed by atoms with Crippen molar-refractivity contribution >= 4 is 17.6 Å². The van der Waals surface area contributed by atoms with Gasteiger partial charge in [0.15, 0.2) is 0 Å². The molecule has 0 fully saturated rings. The first-order chi connectivity index (χ1) is 12.0. The average molecular weight is 369 g/mol. The fourth-order valence-electron chi connectivity index (χ4n) is 2.23. The molecule has 7 heteroatoms. The number of amides is 2. The van der Waals surface area contributed by atoms with Gasteiger partial charge in [-0.3, -0.25) is 0 Å². The fraction of sp³-hybridized carbons (Fsp3) is 0.278. The van der Waals surface area contributed by atoms with Gasteiger partial charge in [-0.1, -0.05) is 35.9 Å². The molecule has 134 valence electrons. The molecule has 0 saturated heterocycles. The number of rotatable bonds is 8. The van der Waals surface area contributed by atoms with Crippen LogP contribution < -0.4 is 15.4 Å². The Kier molecular flexibility index (Phi) is 7.47. The van der Waals surface area contributed by atoms with E-state index in [1.807, 2.05) is 18.2 Å². The van der Waals surface area contributed by atoms with Gasteiger partial charge in [0.25, 0.3) is 0 Å². The van der Waals surface area contributed by atoms with Crippen LogP contribution >= 0.6 is 11.6 Å². The molecule has 25 heavy (non-hydrogen) atoms. The molecule has 2 amide bonds. The summed E-state index contributed by atoms with van der Waals surface area (Å²) in [6, 6.07) is 13.6. The van der Waals surface area contributed by atoms with E-state index in [2.05, 4.69) is 15.4 Å². The molecule has 0 aliphatic carbocycles. The third-order valence-corrected chi connectivity index (χ3v) is 3.67. The lowest BCUT2D eigenvalue weighted by Gasteiger charge is -2.09. The largest absolute Gasteiger partial charge is 0.435 e. The van der Waals surface area contributed by atoms with Crippen LogP contribution in [0.25, 0.3) is 0 Å². The van der Waals surface area contributed by atoms with Crippen molar-refractivity contribution in [1.82, 2.24) is 10.6 Å². The number of alkyl halides is 2. The summed E-state index contributed by atoms with van der Waals surface area (Å²) in [6.45, 7) is -1.88. The Bertz CT molecular complexity index is 681. The summed E-state index contributed by atoms with van der Waals surface area (Å²) in [7, 11) is 0. The van der Waals surface area contributed by atoms with Crippen LogP contribution in [0, 0.1) is 0 Å². The summed E-state index contributed by atoms with van der Waals surface area (Å²) in [5.41, 5.74) is 1.97. The van der Waals surface area contributed by atoms with E-state index in [-0.39, 0.29) is 11.8 Å². The monoisotopic (exact) mass is 368 g/mol. The summed E-state index contributed by atoms with van der Waals surface area (Å²) in [4.78, 5) is 11.7. The summed E-state index contributed by atoms with van der Waals surface area (Å²) in [6.07, 6.45) is 1.29. The Morgan fingerprint density at radius 2 is 1.64 bits per heavy atom. The first-order valence-corrected chi connectivity index (χ1v) is 8.20. The van der Waals surface area contributed by atoms with Gasteiger partial charge in [0, 0.05) is 18.1 Å². The van der Waals surface area contributed by atoms with Crippen molar-refractivity contribution in [3.05, 3.63) is 64.7 Å². The normalized spacial score (nSPS) is 10.6. The lowest BCUT2D eigenvalue weighted by molar-refractivity contribution is -0.0498. The predicted octanol–water partition coefficient (Wildman–Crippen LogP) is 4.03. The highest BCUT2D eigenvalue weighted by Crippen LogP contribution is 2.15. The van der Waals surface area contributed by atoms with Crippen molar-refractivity contribution in [1.29, 1.82) is 0 Å². The minimum atomic E-state index is -2.83. The maximum atomic E-state index is 12.1. The molecule has 0 unspecified atom stereocenters. The predicted molar refractivity (Wildman–Crippen MR) is 93.3 cm³/mol. The van der Waals surface area contributed by atoms with Crippen molar-refractivity contribution < 1.29 is 18.3 Å². The van der Waals surface area contributed by atoms with Crippen LogP contribution in [0.3, 0.4) is 0 Å². The van der Waals surface area contributed by atoms with Crippen LogP contribution in [0.4, 0.5) is 13.6 Å². The van der Waals surface area contributed by atoms with Crippen LogP contribution in [0.15, 0.2) is 48.5 Å². The van der Waals surface area contributed by atoms with Gasteiger partial charge < -0.3 is 15.4 Å². The highest BCUT2D eigenvalue weighted by Gasteiger charge is 2.04. The highest BCUT2D eigenvalue weighted by molar-refractivity contribution is 6.30. The minimum Gasteiger partial charge on any atom is -0.435 e. The summed E-state index contributed by atoms with van der Waals surface area (Å²) < 4.78 is 28.4. The second-order valence-electron chi connectivity index (χ2n) is 5.34. The third-order valence-electron chi connectivity index (χ3n) is 3.44. The molecule has 4 nitrogen and oxygen atoms in total. The maximum absolute atomic E-state index is 12.1. The van der Waals surface area contributed by atoms with Crippen LogP contribution in [0.2, 0.25) is 5.02 Å². The Morgan fingerprint density at radius 1 is 1.00 bits per heavy atom. The molecule has 2 N–H and O–H groups in total. The first kappa shape index (κ1) is 19.0. The fourth-order valence-corrected chi connectivity index (χ4v) is 2.45. The zero-order chi connectivity index (χ0) is 18.1. The van der Waals surface area contributed by atoms with E-state index in [9.17, 15) is 13.6 Å². The second-order valence-corrected chi connectivity index (χ2v) is 5.77. The molecular formula is C18H19ClF2N2O2. The molecule has 2 aromatic carbocycles. The van der Waals surface area contributed by atoms with E-state index in [1.165, 1.54) is 12.1 Å². The number of benzene rings is 2. The zero-order valence-electron chi connectivity index (χ0n) is 13.5. The molecule has 0 radical (unpaired) electrons. The van der Waals surface area contributed by atoms with Crippen molar-refractivity contribution in [2.45, 2.75) is 19.5 Å². The van der Waals surface area contributed by atoms with Gasteiger partial charge in [-0.05, 0) is 48.2 Å². The Labute approximate surface area is 150 Å². The molecule has 0 bridgehead atoms. The quantitative estimate of drug-likeness (QED) is 0.739. The summed E-state index contributed by atoms with van der Waals surface area (Å²) in [5, 5.41) is 6.19. The van der Waals surface area contributed by atoms with Crippen molar-refractivity contribution in [2.75, 3.05) is 13.1 Å². The Balaban J connectivity index is 1.63. The summed E-state index contributed by atoms with van der Waals surface area (Å²) in [5.74, 6) is 0.116. The van der Waals surface area contributed by atoms with E-state index < -0.39 is 6.61 Å². The van der Waals surface area contributed by atoms with Gasteiger partial charge in [0.1, 0.15) is 5.75 Å². The maximum Gasteiger partial charge on any atom is 0.387 e. The smallest absolute Gasteiger partial charge is 0.387 e. The Morgan fingerprint density at radius 3 is 2.24 bits per heavy atom. The number of nitrogens with one attached hydrogen (secondary N) is 2. The number of carbonyl (C=O) groups excluding carboxylic acids is 1. The van der Waals surface area contributed by atoms with Gasteiger partial charge >= 0.3 is 12.6 Å². The second kappa shape index (κ2) is 9.84. The van der Waals surface area contributed by atoms with Gasteiger partial charge in [-0.2, -0.15) is 8.78 Å². The van der Waals surface area contributed by atoms with Crippen LogP contribution in [-0.2, 0) is 12.8 Å². The Hall–Kier alpha value is -2.34. The van der Waals surface area contributed by atoms with Gasteiger partial charge in [-0.15, -0.1) is 0 Å². The average Bonchev–Trinajstić information content (AvgIpc) is 2.56. The zero-order valence-corrected chi connectivity index (χ0v) is 14.2. The van der Waals surface area contributed by atoms with Crippen molar-refractivity contribution in [3.63, 3.8) is 0 Å². The number of halogens is 3. The van der Waals surface area contributed by atoms with E-state index in [1.54, 1.807) is 18.2 Å². The van der Waals surface area contributed by atoms with Gasteiger partial charge in [0.2, 0.25) is 0 Å². The molecule has 0 aliphatic rings. The lowest BCUT2D eigenvalue weighted by atomic mass is 10.1.